The smallest absolute Gasteiger partial charge is 0.0540 e. The van der Waals surface area contributed by atoms with Crippen LogP contribution in [0.5, 0.6) is 0 Å². The maximum Gasteiger partial charge on any atom is 0.0540 e. The summed E-state index contributed by atoms with van der Waals surface area (Å²) in [6, 6.07) is 88.6. The molecule has 10 aromatic rings. The zero-order valence-electron chi connectivity index (χ0n) is 34.0. The van der Waals surface area contributed by atoms with Gasteiger partial charge in [0.05, 0.1) is 5.69 Å². The van der Waals surface area contributed by atoms with E-state index in [9.17, 15) is 0 Å². The molecule has 61 heavy (non-hydrogen) atoms. The molecular weight excluding hydrogens is 735 g/mol. The van der Waals surface area contributed by atoms with Gasteiger partial charge in [0.2, 0.25) is 0 Å². The minimum atomic E-state index is -0.250. The van der Waals surface area contributed by atoms with Crippen molar-refractivity contribution in [1.29, 1.82) is 0 Å². The largest absolute Gasteiger partial charge is 0.310 e. The van der Waals surface area contributed by atoms with Crippen molar-refractivity contribution in [2.45, 2.75) is 12.3 Å². The van der Waals surface area contributed by atoms with E-state index in [0.29, 0.717) is 0 Å². The molecule has 1 unspecified atom stereocenters. The van der Waals surface area contributed by atoms with Crippen molar-refractivity contribution in [3.8, 4) is 55.6 Å². The van der Waals surface area contributed by atoms with E-state index in [0.717, 1.165) is 17.1 Å². The van der Waals surface area contributed by atoms with Crippen LogP contribution in [0.1, 0.15) is 23.6 Å². The Morgan fingerprint density at radius 1 is 0.328 bits per heavy atom. The van der Waals surface area contributed by atoms with Crippen LogP contribution in [0.2, 0.25) is 0 Å². The Kier molecular flexibility index (Phi) is 9.02. The first-order valence-corrected chi connectivity index (χ1v) is 21.2. The van der Waals surface area contributed by atoms with Crippen LogP contribution in [0.4, 0.5) is 17.1 Å². The molecule has 1 heteroatoms. The molecule has 0 spiro atoms. The number of para-hydroxylation sites is 1. The standard InChI is InChI=1S/C60H43N/c1-60(48-23-6-3-7-24-48)56-30-12-10-27-55(56)59-54(29-16-31-57(59)60)45-35-39-50(40-36-45)61(49-37-33-44(34-38-49)52-28-15-20-43-19-8-9-25-51(43)52)58-32-13-11-26-53(58)47-22-14-21-46(41-47)42-17-4-2-5-18-42/h2-41H,1H3. The highest BCUT2D eigenvalue weighted by Crippen LogP contribution is 2.55. The van der Waals surface area contributed by atoms with Gasteiger partial charge < -0.3 is 4.90 Å². The molecule has 10 aromatic carbocycles. The maximum atomic E-state index is 2.42. The number of anilines is 3. The normalized spacial score (nSPS) is 14.0. The van der Waals surface area contributed by atoms with Gasteiger partial charge in [0.1, 0.15) is 0 Å². The first-order chi connectivity index (χ1) is 30.1. The lowest BCUT2D eigenvalue weighted by molar-refractivity contribution is 0.714. The fourth-order valence-corrected chi connectivity index (χ4v) is 9.76. The highest BCUT2D eigenvalue weighted by Gasteiger charge is 2.41. The lowest BCUT2D eigenvalue weighted by Crippen LogP contribution is -2.22. The van der Waals surface area contributed by atoms with Crippen molar-refractivity contribution in [3.63, 3.8) is 0 Å². The molecule has 0 amide bonds. The Hall–Kier alpha value is -7.74. The number of nitrogens with zero attached hydrogens (tertiary/aromatic N) is 1. The van der Waals surface area contributed by atoms with E-state index < -0.39 is 0 Å². The molecule has 0 saturated heterocycles. The number of rotatable bonds is 8. The molecule has 288 valence electrons. The van der Waals surface area contributed by atoms with E-state index in [2.05, 4.69) is 254 Å². The highest BCUT2D eigenvalue weighted by molar-refractivity contribution is 5.98. The minimum absolute atomic E-state index is 0.250. The van der Waals surface area contributed by atoms with Gasteiger partial charge >= 0.3 is 0 Å². The lowest BCUT2D eigenvalue weighted by Gasteiger charge is -2.29. The zero-order valence-corrected chi connectivity index (χ0v) is 34.0. The number of benzene rings is 10. The molecule has 0 bridgehead atoms. The predicted octanol–water partition coefficient (Wildman–Crippen LogP) is 16.3. The van der Waals surface area contributed by atoms with Crippen LogP contribution in [0.25, 0.3) is 66.4 Å². The molecule has 0 radical (unpaired) electrons. The minimum Gasteiger partial charge on any atom is -0.310 e. The quantitative estimate of drug-likeness (QED) is 0.149. The Bertz CT molecular complexity index is 3180. The van der Waals surface area contributed by atoms with Crippen molar-refractivity contribution in [3.05, 3.63) is 259 Å². The van der Waals surface area contributed by atoms with E-state index in [-0.39, 0.29) is 5.41 Å². The van der Waals surface area contributed by atoms with Crippen LogP contribution < -0.4 is 4.90 Å². The van der Waals surface area contributed by atoms with E-state index in [1.165, 1.54) is 83.1 Å². The average molecular weight is 778 g/mol. The average Bonchev–Trinajstić information content (AvgIpc) is 3.61. The summed E-state index contributed by atoms with van der Waals surface area (Å²) in [6.07, 6.45) is 0. The molecule has 0 fully saturated rings. The summed E-state index contributed by atoms with van der Waals surface area (Å²) in [5, 5.41) is 2.50. The Morgan fingerprint density at radius 2 is 0.836 bits per heavy atom. The monoisotopic (exact) mass is 777 g/mol. The van der Waals surface area contributed by atoms with Gasteiger partial charge in [-0.3, -0.25) is 0 Å². The summed E-state index contributed by atoms with van der Waals surface area (Å²) in [6.45, 7) is 2.39. The molecule has 0 aromatic heterocycles. The molecule has 1 atom stereocenters. The van der Waals surface area contributed by atoms with Crippen molar-refractivity contribution in [1.82, 2.24) is 0 Å². The molecule has 1 nitrogen and oxygen atoms in total. The van der Waals surface area contributed by atoms with Crippen LogP contribution in [0, 0.1) is 0 Å². The summed E-state index contributed by atoms with van der Waals surface area (Å²) in [4.78, 5) is 2.42. The van der Waals surface area contributed by atoms with Gasteiger partial charge in [-0.15, -0.1) is 0 Å². The number of hydrogen-bond donors (Lipinski definition) is 0. The van der Waals surface area contributed by atoms with Gasteiger partial charge in [-0.2, -0.15) is 0 Å². The Labute approximate surface area is 358 Å². The summed E-state index contributed by atoms with van der Waals surface area (Å²) in [5.41, 5.74) is 19.3. The summed E-state index contributed by atoms with van der Waals surface area (Å²) in [5.74, 6) is 0. The van der Waals surface area contributed by atoms with Gasteiger partial charge in [-0.05, 0) is 121 Å². The first kappa shape index (κ1) is 36.3. The zero-order chi connectivity index (χ0) is 40.8. The molecule has 0 aliphatic heterocycles. The second-order valence-corrected chi connectivity index (χ2v) is 16.2. The third-order valence-electron chi connectivity index (χ3n) is 12.8. The molecule has 0 saturated carbocycles. The third-order valence-corrected chi connectivity index (χ3v) is 12.8. The van der Waals surface area contributed by atoms with Crippen molar-refractivity contribution < 1.29 is 0 Å². The molecule has 1 aliphatic rings. The van der Waals surface area contributed by atoms with Crippen molar-refractivity contribution >= 4 is 27.8 Å². The van der Waals surface area contributed by atoms with Crippen LogP contribution >= 0.6 is 0 Å². The van der Waals surface area contributed by atoms with Gasteiger partial charge in [0.25, 0.3) is 0 Å². The molecule has 0 N–H and O–H groups in total. The summed E-state index contributed by atoms with van der Waals surface area (Å²) >= 11 is 0. The lowest BCUT2D eigenvalue weighted by atomic mass is 9.74. The molecule has 11 rings (SSSR count). The number of fused-ring (bicyclic) bond motifs is 4. The Balaban J connectivity index is 1.04. The highest BCUT2D eigenvalue weighted by atomic mass is 15.1. The topological polar surface area (TPSA) is 3.24 Å². The van der Waals surface area contributed by atoms with Crippen molar-refractivity contribution in [2.75, 3.05) is 4.90 Å². The van der Waals surface area contributed by atoms with E-state index in [4.69, 9.17) is 0 Å². The predicted molar refractivity (Wildman–Crippen MR) is 258 cm³/mol. The van der Waals surface area contributed by atoms with Crippen LogP contribution in [-0.2, 0) is 5.41 Å². The van der Waals surface area contributed by atoms with E-state index in [1.54, 1.807) is 0 Å². The SMILES string of the molecule is CC1(c2ccccc2)c2ccccc2-c2c(-c3ccc(N(c4ccc(-c5cccc6ccccc56)cc4)c4ccccc4-c4cccc(-c5ccccc5)c4)cc3)cccc21. The fraction of sp³-hybridized carbons (Fsp3) is 0.0333. The second kappa shape index (κ2) is 15.1. The van der Waals surface area contributed by atoms with Gasteiger partial charge in [-0.25, -0.2) is 0 Å². The molecule has 1 aliphatic carbocycles. The van der Waals surface area contributed by atoms with Gasteiger partial charge in [-0.1, -0.05) is 206 Å². The molecule has 0 heterocycles. The molecular formula is C60H43N. The van der Waals surface area contributed by atoms with Crippen molar-refractivity contribution in [2.24, 2.45) is 0 Å². The van der Waals surface area contributed by atoms with Crippen LogP contribution in [-0.4, -0.2) is 0 Å². The van der Waals surface area contributed by atoms with E-state index in [1.807, 2.05) is 0 Å². The van der Waals surface area contributed by atoms with Gasteiger partial charge in [0.15, 0.2) is 0 Å². The first-order valence-electron chi connectivity index (χ1n) is 21.2. The van der Waals surface area contributed by atoms with Gasteiger partial charge in [0, 0.05) is 22.4 Å². The summed E-state index contributed by atoms with van der Waals surface area (Å²) in [7, 11) is 0. The third kappa shape index (κ3) is 6.26. The van der Waals surface area contributed by atoms with E-state index >= 15 is 0 Å². The second-order valence-electron chi connectivity index (χ2n) is 16.2. The Morgan fingerprint density at radius 3 is 1.61 bits per heavy atom. The number of hydrogen-bond acceptors (Lipinski definition) is 1. The fourth-order valence-electron chi connectivity index (χ4n) is 9.76. The van der Waals surface area contributed by atoms with Crippen LogP contribution in [0.3, 0.4) is 0 Å². The summed E-state index contributed by atoms with van der Waals surface area (Å²) < 4.78 is 0. The maximum absolute atomic E-state index is 2.42. The van der Waals surface area contributed by atoms with Crippen LogP contribution in [0.15, 0.2) is 243 Å².